The van der Waals surface area contributed by atoms with Gasteiger partial charge in [-0.25, -0.2) is 0 Å². The summed E-state index contributed by atoms with van der Waals surface area (Å²) in [6.45, 7) is 6.15. The van der Waals surface area contributed by atoms with Crippen LogP contribution in [0.4, 0.5) is 5.69 Å². The van der Waals surface area contributed by atoms with Crippen LogP contribution in [-0.4, -0.2) is 34.3 Å². The molecule has 0 aliphatic heterocycles. The monoisotopic (exact) mass is 488 g/mol. The van der Waals surface area contributed by atoms with E-state index in [-0.39, 0.29) is 17.9 Å². The first-order valence-electron chi connectivity index (χ1n) is 11.9. The summed E-state index contributed by atoms with van der Waals surface area (Å²) in [6, 6.07) is 15.2. The zero-order chi connectivity index (χ0) is 26.0. The Labute approximate surface area is 210 Å². The van der Waals surface area contributed by atoms with Crippen molar-refractivity contribution in [1.82, 2.24) is 14.2 Å². The van der Waals surface area contributed by atoms with E-state index in [1.807, 2.05) is 67.1 Å². The number of hydrogen-bond acceptors (Lipinski definition) is 5. The van der Waals surface area contributed by atoms with Crippen molar-refractivity contribution < 1.29 is 14.3 Å². The van der Waals surface area contributed by atoms with Crippen LogP contribution in [0.3, 0.4) is 0 Å². The molecule has 0 aliphatic carbocycles. The van der Waals surface area contributed by atoms with Crippen LogP contribution in [-0.2, 0) is 18.3 Å². The zero-order valence-corrected chi connectivity index (χ0v) is 21.6. The number of hydrogen-bond donors (Lipinski definition) is 1. The number of aromatic nitrogens is 3. The summed E-state index contributed by atoms with van der Waals surface area (Å²) in [5, 5.41) is 7.50. The Morgan fingerprint density at radius 2 is 1.72 bits per heavy atom. The number of aryl methyl sites for hydroxylation is 1. The Kier molecular flexibility index (Phi) is 7.15. The molecule has 4 rings (SSSR count). The van der Waals surface area contributed by atoms with Gasteiger partial charge in [-0.15, -0.1) is 0 Å². The van der Waals surface area contributed by atoms with Crippen LogP contribution < -0.4 is 20.3 Å². The van der Waals surface area contributed by atoms with E-state index < -0.39 is 0 Å². The summed E-state index contributed by atoms with van der Waals surface area (Å²) < 4.78 is 14.1. The topological polar surface area (TPSA) is 86.9 Å². The lowest BCUT2D eigenvalue weighted by molar-refractivity contribution is -0.116. The third kappa shape index (κ3) is 4.84. The number of ether oxygens (including phenoxy) is 2. The van der Waals surface area contributed by atoms with Crippen molar-refractivity contribution in [3.05, 3.63) is 75.7 Å². The number of rotatable bonds is 8. The number of anilines is 1. The summed E-state index contributed by atoms with van der Waals surface area (Å²) in [5.41, 5.74) is 5.23. The lowest BCUT2D eigenvalue weighted by Gasteiger charge is -2.12. The van der Waals surface area contributed by atoms with Gasteiger partial charge in [-0.3, -0.25) is 9.59 Å². The van der Waals surface area contributed by atoms with Gasteiger partial charge in [0.25, 0.3) is 5.56 Å². The summed E-state index contributed by atoms with van der Waals surface area (Å²) in [6.07, 6.45) is 0.507. The van der Waals surface area contributed by atoms with Gasteiger partial charge in [0.2, 0.25) is 5.91 Å². The molecule has 0 saturated carbocycles. The van der Waals surface area contributed by atoms with E-state index >= 15 is 0 Å². The minimum atomic E-state index is -0.221. The van der Waals surface area contributed by atoms with Gasteiger partial charge in [0.15, 0.2) is 11.5 Å². The minimum absolute atomic E-state index is 0.139. The Morgan fingerprint density at radius 1 is 1.03 bits per heavy atom. The molecule has 0 unspecified atom stereocenters. The van der Waals surface area contributed by atoms with Gasteiger partial charge < -0.3 is 19.4 Å². The lowest BCUT2D eigenvalue weighted by Crippen LogP contribution is -2.26. The van der Waals surface area contributed by atoms with E-state index in [4.69, 9.17) is 9.47 Å². The number of nitrogens with zero attached hydrogens (tertiary/aromatic N) is 3. The number of carbonyl (C=O) groups excluding carboxylic acids is 1. The molecule has 1 N–H and O–H groups in total. The smallest absolute Gasteiger partial charge is 0.277 e. The first kappa shape index (κ1) is 25.0. The summed E-state index contributed by atoms with van der Waals surface area (Å²) in [4.78, 5) is 26.0. The molecular weight excluding hydrogens is 456 g/mol. The van der Waals surface area contributed by atoms with Crippen molar-refractivity contribution >= 4 is 17.2 Å². The molecule has 1 amide bonds. The average molecular weight is 489 g/mol. The summed E-state index contributed by atoms with van der Waals surface area (Å²) in [5.74, 6) is 1.49. The fourth-order valence-corrected chi connectivity index (χ4v) is 4.25. The van der Waals surface area contributed by atoms with Crippen LogP contribution in [0.1, 0.15) is 43.0 Å². The number of methoxy groups -OCH3 is 2. The Hall–Kier alpha value is -4.07. The fourth-order valence-electron chi connectivity index (χ4n) is 4.25. The van der Waals surface area contributed by atoms with Crippen LogP contribution >= 0.6 is 0 Å². The molecule has 0 spiro atoms. The molecule has 2 heterocycles. The molecule has 36 heavy (non-hydrogen) atoms. The van der Waals surface area contributed by atoms with Crippen LogP contribution in [0.2, 0.25) is 0 Å². The highest BCUT2D eigenvalue weighted by atomic mass is 16.5. The molecule has 0 radical (unpaired) electrons. The molecule has 188 valence electrons. The largest absolute Gasteiger partial charge is 0.493 e. The van der Waals surface area contributed by atoms with Crippen LogP contribution in [0, 0.1) is 6.92 Å². The first-order valence-corrected chi connectivity index (χ1v) is 11.9. The predicted molar refractivity (Wildman–Crippen MR) is 141 cm³/mol. The lowest BCUT2D eigenvalue weighted by atomic mass is 10.0. The third-order valence-corrected chi connectivity index (χ3v) is 6.57. The van der Waals surface area contributed by atoms with Crippen LogP contribution in [0.15, 0.2) is 53.3 Å². The number of nitrogens with one attached hydrogen (secondary N) is 1. The molecule has 2 aromatic carbocycles. The number of amides is 1. The number of fused-ring (bicyclic) bond motifs is 1. The number of benzene rings is 2. The normalized spacial score (nSPS) is 11.2. The maximum absolute atomic E-state index is 13.4. The van der Waals surface area contributed by atoms with Crippen molar-refractivity contribution in [2.45, 2.75) is 39.5 Å². The molecule has 8 nitrogen and oxygen atoms in total. The van der Waals surface area contributed by atoms with E-state index in [1.165, 1.54) is 10.1 Å². The minimum Gasteiger partial charge on any atom is -0.493 e. The molecule has 0 atom stereocenters. The van der Waals surface area contributed by atoms with Crippen molar-refractivity contribution in [3.63, 3.8) is 0 Å². The number of carbonyl (C=O) groups is 1. The second kappa shape index (κ2) is 10.3. The Morgan fingerprint density at radius 3 is 2.36 bits per heavy atom. The standard InChI is InChI=1S/C28H32N4O4/c1-17(2)19-7-10-21(11-8-19)29-26(33)14-12-22-18(3)31(4)27-16-23(30-32(27)28(22)34)20-9-13-24(35-5)25(15-20)36-6/h7-11,13,15-17H,12,14H2,1-6H3,(H,29,33). The maximum Gasteiger partial charge on any atom is 0.277 e. The van der Waals surface area contributed by atoms with Gasteiger partial charge in [0.05, 0.1) is 19.9 Å². The molecule has 4 aromatic rings. The molecule has 0 aliphatic rings. The van der Waals surface area contributed by atoms with Crippen LogP contribution in [0.25, 0.3) is 16.9 Å². The first-order chi connectivity index (χ1) is 17.2. The van der Waals surface area contributed by atoms with Gasteiger partial charge in [0.1, 0.15) is 5.65 Å². The van der Waals surface area contributed by atoms with Crippen molar-refractivity contribution in [2.75, 3.05) is 19.5 Å². The van der Waals surface area contributed by atoms with Gasteiger partial charge in [0, 0.05) is 42.0 Å². The van der Waals surface area contributed by atoms with E-state index in [9.17, 15) is 9.59 Å². The maximum atomic E-state index is 13.4. The van der Waals surface area contributed by atoms with Gasteiger partial charge >= 0.3 is 0 Å². The van der Waals surface area contributed by atoms with Crippen LogP contribution in [0.5, 0.6) is 11.5 Å². The summed E-state index contributed by atoms with van der Waals surface area (Å²) in [7, 11) is 5.05. The molecule has 0 bridgehead atoms. The quantitative estimate of drug-likeness (QED) is 0.388. The molecule has 0 fully saturated rings. The highest BCUT2D eigenvalue weighted by Crippen LogP contribution is 2.32. The molecular formula is C28H32N4O4. The highest BCUT2D eigenvalue weighted by molar-refractivity contribution is 5.90. The average Bonchev–Trinajstić information content (AvgIpc) is 3.33. The molecule has 2 aromatic heterocycles. The molecule has 0 saturated heterocycles. The van der Waals surface area contributed by atoms with Crippen molar-refractivity contribution in [1.29, 1.82) is 0 Å². The summed E-state index contributed by atoms with van der Waals surface area (Å²) >= 11 is 0. The highest BCUT2D eigenvalue weighted by Gasteiger charge is 2.17. The van der Waals surface area contributed by atoms with Gasteiger partial charge in [-0.2, -0.15) is 9.61 Å². The predicted octanol–water partition coefficient (Wildman–Crippen LogP) is 4.72. The second-order valence-electron chi connectivity index (χ2n) is 9.12. The van der Waals surface area contributed by atoms with Gasteiger partial charge in [-0.1, -0.05) is 26.0 Å². The second-order valence-corrected chi connectivity index (χ2v) is 9.12. The fraction of sp³-hybridized carbons (Fsp3) is 0.321. The zero-order valence-electron chi connectivity index (χ0n) is 21.6. The van der Waals surface area contributed by atoms with E-state index in [2.05, 4.69) is 24.3 Å². The third-order valence-electron chi connectivity index (χ3n) is 6.57. The van der Waals surface area contributed by atoms with Crippen molar-refractivity contribution in [2.24, 2.45) is 7.05 Å². The van der Waals surface area contributed by atoms with Gasteiger partial charge in [-0.05, 0) is 55.2 Å². The van der Waals surface area contributed by atoms with E-state index in [0.717, 1.165) is 16.9 Å². The van der Waals surface area contributed by atoms with Crippen molar-refractivity contribution in [3.8, 4) is 22.8 Å². The van der Waals surface area contributed by atoms with E-state index in [0.29, 0.717) is 40.7 Å². The Bertz CT molecular complexity index is 1470. The Balaban J connectivity index is 1.58. The molecule has 8 heteroatoms. The SMILES string of the molecule is COc1ccc(-c2cc3n(C)c(C)c(CCC(=O)Nc4ccc(C(C)C)cc4)c(=O)n3n2)cc1OC. The van der Waals surface area contributed by atoms with E-state index in [1.54, 1.807) is 14.2 Å².